The van der Waals surface area contributed by atoms with Crippen LogP contribution in [0.1, 0.15) is 36.9 Å². The van der Waals surface area contributed by atoms with Gasteiger partial charge in [-0.05, 0) is 26.5 Å². The Morgan fingerprint density at radius 1 is 1.53 bits per heavy atom. The van der Waals surface area contributed by atoms with Crippen molar-refractivity contribution in [3.8, 4) is 0 Å². The second-order valence-corrected chi connectivity index (χ2v) is 4.70. The summed E-state index contributed by atoms with van der Waals surface area (Å²) in [4.78, 5) is 12.8. The van der Waals surface area contributed by atoms with Crippen molar-refractivity contribution < 1.29 is 19.4 Å². The van der Waals surface area contributed by atoms with Gasteiger partial charge in [-0.15, -0.1) is 0 Å². The summed E-state index contributed by atoms with van der Waals surface area (Å²) in [6.45, 7) is 7.08. The van der Waals surface area contributed by atoms with Gasteiger partial charge in [0.05, 0.1) is 11.9 Å². The van der Waals surface area contributed by atoms with Crippen LogP contribution >= 0.6 is 0 Å². The largest absolute Gasteiger partial charge is 0.475 e. The van der Waals surface area contributed by atoms with E-state index in [1.807, 2.05) is 11.8 Å². The standard InChI is InChI=1S/C12H19NO4/c1-4-13(8-12(2,3)16)7-9-5-6-17-10(9)11(14)15/h5-6,16H,4,7-8H2,1-3H3,(H,14,15). The van der Waals surface area contributed by atoms with Gasteiger partial charge in [0.2, 0.25) is 5.76 Å². The molecule has 5 nitrogen and oxygen atoms in total. The molecule has 1 aromatic rings. The zero-order valence-corrected chi connectivity index (χ0v) is 10.4. The summed E-state index contributed by atoms with van der Waals surface area (Å²) in [5.41, 5.74) is -0.174. The lowest BCUT2D eigenvalue weighted by Gasteiger charge is -2.27. The van der Waals surface area contributed by atoms with E-state index in [-0.39, 0.29) is 5.76 Å². The molecule has 1 heterocycles. The van der Waals surface area contributed by atoms with E-state index in [1.165, 1.54) is 6.26 Å². The smallest absolute Gasteiger partial charge is 0.372 e. The summed E-state index contributed by atoms with van der Waals surface area (Å²) in [7, 11) is 0. The lowest BCUT2D eigenvalue weighted by atomic mass is 10.1. The molecule has 0 atom stereocenters. The molecule has 0 fully saturated rings. The van der Waals surface area contributed by atoms with Crippen LogP contribution in [0.4, 0.5) is 0 Å². The number of aromatic carboxylic acids is 1. The predicted octanol–water partition coefficient (Wildman–Crippen LogP) is 1.57. The second-order valence-electron chi connectivity index (χ2n) is 4.70. The number of hydrogen-bond acceptors (Lipinski definition) is 4. The highest BCUT2D eigenvalue weighted by Crippen LogP contribution is 2.15. The summed E-state index contributed by atoms with van der Waals surface area (Å²) in [5.74, 6) is -1.09. The molecule has 0 amide bonds. The minimum atomic E-state index is -1.07. The number of carboxylic acids is 1. The Morgan fingerprint density at radius 3 is 2.65 bits per heavy atom. The van der Waals surface area contributed by atoms with Crippen molar-refractivity contribution >= 4 is 5.97 Å². The van der Waals surface area contributed by atoms with Crippen molar-refractivity contribution in [1.29, 1.82) is 0 Å². The molecule has 0 aromatic carbocycles. The van der Waals surface area contributed by atoms with Gasteiger partial charge >= 0.3 is 5.97 Å². The van der Waals surface area contributed by atoms with Crippen molar-refractivity contribution in [1.82, 2.24) is 4.90 Å². The maximum atomic E-state index is 10.9. The van der Waals surface area contributed by atoms with Crippen LogP contribution in [0.3, 0.4) is 0 Å². The zero-order chi connectivity index (χ0) is 13.1. The molecule has 0 aliphatic carbocycles. The first-order valence-corrected chi connectivity index (χ1v) is 5.58. The van der Waals surface area contributed by atoms with Crippen LogP contribution in [0.5, 0.6) is 0 Å². The maximum absolute atomic E-state index is 10.9. The molecule has 1 rings (SSSR count). The van der Waals surface area contributed by atoms with Crippen molar-refractivity contribution in [3.63, 3.8) is 0 Å². The normalized spacial score (nSPS) is 12.1. The van der Waals surface area contributed by atoms with Crippen molar-refractivity contribution in [2.45, 2.75) is 32.9 Å². The number of hydrogen-bond donors (Lipinski definition) is 2. The predicted molar refractivity (Wildman–Crippen MR) is 62.9 cm³/mol. The fourth-order valence-electron chi connectivity index (χ4n) is 1.72. The van der Waals surface area contributed by atoms with E-state index < -0.39 is 11.6 Å². The fraction of sp³-hybridized carbons (Fsp3) is 0.583. The molecule has 0 spiro atoms. The second kappa shape index (κ2) is 5.33. The molecule has 0 radical (unpaired) electrons. The van der Waals surface area contributed by atoms with E-state index in [9.17, 15) is 9.90 Å². The average molecular weight is 241 g/mol. The van der Waals surface area contributed by atoms with Crippen LogP contribution in [-0.4, -0.2) is 39.8 Å². The first-order valence-electron chi connectivity index (χ1n) is 5.58. The quantitative estimate of drug-likeness (QED) is 0.790. The Kier molecular flexibility index (Phi) is 4.31. The van der Waals surface area contributed by atoms with E-state index in [2.05, 4.69) is 0 Å². The molecule has 0 saturated heterocycles. The Morgan fingerprint density at radius 2 is 2.18 bits per heavy atom. The Hall–Kier alpha value is -1.33. The lowest BCUT2D eigenvalue weighted by Crippen LogP contribution is -2.38. The highest BCUT2D eigenvalue weighted by Gasteiger charge is 2.20. The molecule has 17 heavy (non-hydrogen) atoms. The Balaban J connectivity index is 2.74. The zero-order valence-electron chi connectivity index (χ0n) is 10.4. The monoisotopic (exact) mass is 241 g/mol. The summed E-state index contributed by atoms with van der Waals surface area (Å²) >= 11 is 0. The number of carbonyl (C=O) groups is 1. The number of rotatable bonds is 6. The van der Waals surface area contributed by atoms with Crippen LogP contribution in [0.15, 0.2) is 16.7 Å². The Bertz CT molecular complexity index is 378. The molecular weight excluding hydrogens is 222 g/mol. The van der Waals surface area contributed by atoms with Gasteiger partial charge in [0, 0.05) is 18.7 Å². The van der Waals surface area contributed by atoms with Gasteiger partial charge in [-0.25, -0.2) is 4.79 Å². The van der Waals surface area contributed by atoms with E-state index in [0.29, 0.717) is 18.7 Å². The minimum Gasteiger partial charge on any atom is -0.475 e. The van der Waals surface area contributed by atoms with Gasteiger partial charge < -0.3 is 14.6 Å². The van der Waals surface area contributed by atoms with Crippen molar-refractivity contribution in [2.24, 2.45) is 0 Å². The van der Waals surface area contributed by atoms with Crippen molar-refractivity contribution in [3.05, 3.63) is 23.7 Å². The molecule has 0 unspecified atom stereocenters. The molecule has 5 heteroatoms. The first kappa shape index (κ1) is 13.7. The van der Waals surface area contributed by atoms with Crippen LogP contribution in [0.25, 0.3) is 0 Å². The molecule has 96 valence electrons. The van der Waals surface area contributed by atoms with Crippen LogP contribution in [0.2, 0.25) is 0 Å². The molecule has 0 aliphatic rings. The van der Waals surface area contributed by atoms with Crippen LogP contribution in [-0.2, 0) is 6.54 Å². The highest BCUT2D eigenvalue weighted by molar-refractivity contribution is 5.86. The third-order valence-electron chi connectivity index (χ3n) is 2.39. The van der Waals surface area contributed by atoms with E-state index >= 15 is 0 Å². The summed E-state index contributed by atoms with van der Waals surface area (Å²) in [5, 5.41) is 18.7. The lowest BCUT2D eigenvalue weighted by molar-refractivity contribution is 0.0351. The molecule has 0 bridgehead atoms. The SMILES string of the molecule is CCN(Cc1ccoc1C(=O)O)CC(C)(C)O. The fourth-order valence-corrected chi connectivity index (χ4v) is 1.72. The maximum Gasteiger partial charge on any atom is 0.372 e. The number of likely N-dealkylation sites (N-methyl/N-ethyl adjacent to an activating group) is 1. The van der Waals surface area contributed by atoms with E-state index in [1.54, 1.807) is 19.9 Å². The first-order chi connectivity index (χ1) is 7.83. The Labute approximate surface area is 101 Å². The number of furan rings is 1. The van der Waals surface area contributed by atoms with Crippen LogP contribution in [0, 0.1) is 0 Å². The van der Waals surface area contributed by atoms with Gasteiger partial charge in [-0.3, -0.25) is 4.90 Å². The topological polar surface area (TPSA) is 73.9 Å². The van der Waals surface area contributed by atoms with Crippen molar-refractivity contribution in [2.75, 3.05) is 13.1 Å². The van der Waals surface area contributed by atoms with E-state index in [4.69, 9.17) is 9.52 Å². The number of aliphatic hydroxyl groups is 1. The molecule has 0 aliphatic heterocycles. The van der Waals surface area contributed by atoms with Gasteiger partial charge in [-0.2, -0.15) is 0 Å². The van der Waals surface area contributed by atoms with Crippen LogP contribution < -0.4 is 0 Å². The third kappa shape index (κ3) is 4.20. The summed E-state index contributed by atoms with van der Waals surface area (Å²) < 4.78 is 4.91. The number of carboxylic acid groups (broad SMARTS) is 1. The minimum absolute atomic E-state index is 0.0285. The van der Waals surface area contributed by atoms with Gasteiger partial charge in [-0.1, -0.05) is 6.92 Å². The number of nitrogens with zero attached hydrogens (tertiary/aromatic N) is 1. The molecule has 1 aromatic heterocycles. The highest BCUT2D eigenvalue weighted by atomic mass is 16.4. The molecule has 2 N–H and O–H groups in total. The third-order valence-corrected chi connectivity index (χ3v) is 2.39. The summed E-state index contributed by atoms with van der Waals surface area (Å²) in [6.07, 6.45) is 1.37. The van der Waals surface area contributed by atoms with Gasteiger partial charge in [0.1, 0.15) is 0 Å². The van der Waals surface area contributed by atoms with Gasteiger partial charge in [0.25, 0.3) is 0 Å². The van der Waals surface area contributed by atoms with Gasteiger partial charge in [0.15, 0.2) is 0 Å². The summed E-state index contributed by atoms with van der Waals surface area (Å²) in [6, 6.07) is 1.65. The molecular formula is C12H19NO4. The molecule has 0 saturated carbocycles. The average Bonchev–Trinajstić information content (AvgIpc) is 2.62. The van der Waals surface area contributed by atoms with E-state index in [0.717, 1.165) is 6.54 Å².